The number of unbranched alkanes of at least 4 members (excludes halogenated alkanes) is 10. The molecule has 1 saturated carbocycles. The van der Waals surface area contributed by atoms with E-state index in [2.05, 4.69) is 17.6 Å². The molecule has 15 nitrogen and oxygen atoms in total. The summed E-state index contributed by atoms with van der Waals surface area (Å²) < 4.78 is 16.8. The van der Waals surface area contributed by atoms with Gasteiger partial charge in [-0.25, -0.2) is 4.79 Å². The molecule has 2 fully saturated rings. The van der Waals surface area contributed by atoms with Crippen LogP contribution < -0.4 is 10.6 Å². The lowest BCUT2D eigenvalue weighted by atomic mass is 9.80. The van der Waals surface area contributed by atoms with Gasteiger partial charge in [-0.2, -0.15) is 0 Å². The molecule has 1 saturated heterocycles. The first-order chi connectivity index (χ1) is 22.4. The van der Waals surface area contributed by atoms with Crippen LogP contribution in [0.3, 0.4) is 0 Å². The Kier molecular flexibility index (Phi) is 19.2. The molecule has 274 valence electrons. The SMILES string of the molecule is CCCCCCCCCCCCO[C@@H]1O[C@H](C(=O)O)[C@@H](O[C@@H]2C[C@H](C(=O)NCCCC[C@H](NC)C(=O)O)[C@@H](O)[C@H](O)[C@H]2O)[C@H](O)[C@H]1O. The predicted octanol–water partition coefficient (Wildman–Crippen LogP) is 0.271. The summed E-state index contributed by atoms with van der Waals surface area (Å²) in [6.45, 7) is 2.53. The molecule has 2 aliphatic rings. The van der Waals surface area contributed by atoms with Crippen LogP contribution in [0.15, 0.2) is 0 Å². The van der Waals surface area contributed by atoms with Crippen LogP contribution in [-0.4, -0.2) is 135 Å². The summed E-state index contributed by atoms with van der Waals surface area (Å²) in [7, 11) is 1.53. The number of carbonyl (C=O) groups is 3. The van der Waals surface area contributed by atoms with Gasteiger partial charge in [0.15, 0.2) is 12.4 Å². The van der Waals surface area contributed by atoms with E-state index in [1.165, 1.54) is 45.6 Å². The van der Waals surface area contributed by atoms with E-state index in [0.29, 0.717) is 25.7 Å². The zero-order chi connectivity index (χ0) is 34.9. The van der Waals surface area contributed by atoms with Crippen LogP contribution in [0.25, 0.3) is 0 Å². The number of rotatable bonds is 23. The Hall–Kier alpha value is -1.95. The fourth-order valence-corrected chi connectivity index (χ4v) is 6.11. The average molecular weight is 679 g/mol. The second kappa shape index (κ2) is 21.9. The molecule has 47 heavy (non-hydrogen) atoms. The lowest BCUT2D eigenvalue weighted by Crippen LogP contribution is -2.64. The van der Waals surface area contributed by atoms with Crippen molar-refractivity contribution in [3.63, 3.8) is 0 Å². The van der Waals surface area contributed by atoms with E-state index < -0.39 is 84.9 Å². The number of ether oxygens (including phenoxy) is 3. The molecule has 11 atom stereocenters. The van der Waals surface area contributed by atoms with Crippen molar-refractivity contribution < 1.29 is 64.3 Å². The number of hydrogen-bond donors (Lipinski definition) is 9. The molecule has 1 aliphatic carbocycles. The minimum atomic E-state index is -1.83. The van der Waals surface area contributed by atoms with Gasteiger partial charge in [0.05, 0.1) is 18.1 Å². The Bertz CT molecular complexity index is 927. The van der Waals surface area contributed by atoms with Crippen LogP contribution in [0.5, 0.6) is 0 Å². The van der Waals surface area contributed by atoms with E-state index >= 15 is 0 Å². The average Bonchev–Trinajstić information content (AvgIpc) is 3.04. The van der Waals surface area contributed by atoms with Crippen molar-refractivity contribution in [1.29, 1.82) is 0 Å². The van der Waals surface area contributed by atoms with E-state index in [1.807, 2.05) is 0 Å². The normalized spacial score (nSPS) is 31.7. The number of carbonyl (C=O) groups excluding carboxylic acids is 1. The fourth-order valence-electron chi connectivity index (χ4n) is 6.11. The lowest BCUT2D eigenvalue weighted by molar-refractivity contribution is -0.312. The van der Waals surface area contributed by atoms with Crippen LogP contribution >= 0.6 is 0 Å². The highest BCUT2D eigenvalue weighted by Crippen LogP contribution is 2.33. The number of hydrogen-bond acceptors (Lipinski definition) is 12. The molecule has 0 spiro atoms. The molecule has 1 aliphatic heterocycles. The molecule has 2 rings (SSSR count). The van der Waals surface area contributed by atoms with Crippen molar-refractivity contribution in [3.8, 4) is 0 Å². The minimum absolute atomic E-state index is 0.158. The van der Waals surface area contributed by atoms with Crippen molar-refractivity contribution >= 4 is 17.8 Å². The van der Waals surface area contributed by atoms with Gasteiger partial charge in [0, 0.05) is 13.2 Å². The smallest absolute Gasteiger partial charge is 0.335 e. The van der Waals surface area contributed by atoms with Gasteiger partial charge >= 0.3 is 11.9 Å². The van der Waals surface area contributed by atoms with Gasteiger partial charge in [-0.3, -0.25) is 9.59 Å². The van der Waals surface area contributed by atoms with Gasteiger partial charge in [-0.15, -0.1) is 0 Å². The van der Waals surface area contributed by atoms with E-state index in [4.69, 9.17) is 19.3 Å². The van der Waals surface area contributed by atoms with E-state index in [1.54, 1.807) is 0 Å². The third kappa shape index (κ3) is 13.1. The number of aliphatic carboxylic acids is 2. The van der Waals surface area contributed by atoms with E-state index in [0.717, 1.165) is 19.3 Å². The molecule has 0 radical (unpaired) electrons. The van der Waals surface area contributed by atoms with Crippen LogP contribution in [0.1, 0.15) is 96.8 Å². The van der Waals surface area contributed by atoms with Gasteiger partial charge in [0.2, 0.25) is 5.91 Å². The number of amides is 1. The van der Waals surface area contributed by atoms with Crippen molar-refractivity contribution in [2.75, 3.05) is 20.2 Å². The third-order valence-electron chi connectivity index (χ3n) is 9.08. The van der Waals surface area contributed by atoms with Crippen molar-refractivity contribution in [2.24, 2.45) is 5.92 Å². The summed E-state index contributed by atoms with van der Waals surface area (Å²) in [5.74, 6) is -4.42. The third-order valence-corrected chi connectivity index (χ3v) is 9.08. The molecule has 0 aromatic carbocycles. The summed E-state index contributed by atoms with van der Waals surface area (Å²) >= 11 is 0. The van der Waals surface area contributed by atoms with Gasteiger partial charge in [-0.05, 0) is 39.2 Å². The molecule has 1 heterocycles. The Morgan fingerprint density at radius 3 is 1.98 bits per heavy atom. The monoisotopic (exact) mass is 678 g/mol. The first-order valence-electron chi connectivity index (χ1n) is 17.2. The lowest BCUT2D eigenvalue weighted by Gasteiger charge is -2.45. The Labute approximate surface area is 277 Å². The van der Waals surface area contributed by atoms with Gasteiger partial charge in [-0.1, -0.05) is 64.7 Å². The van der Waals surface area contributed by atoms with Gasteiger partial charge in [0.1, 0.15) is 36.6 Å². The molecule has 15 heteroatoms. The van der Waals surface area contributed by atoms with Gasteiger partial charge in [0.25, 0.3) is 0 Å². The quantitative estimate of drug-likeness (QED) is 0.0659. The van der Waals surface area contributed by atoms with Gasteiger partial charge < -0.3 is 60.6 Å². The van der Waals surface area contributed by atoms with Crippen LogP contribution in [-0.2, 0) is 28.6 Å². The number of carboxylic acid groups (broad SMARTS) is 2. The van der Waals surface area contributed by atoms with Crippen LogP contribution in [0.4, 0.5) is 0 Å². The van der Waals surface area contributed by atoms with Crippen molar-refractivity contribution in [3.05, 3.63) is 0 Å². The standard InChI is InChI=1S/C32H58N2O13/c1-3-4-5-6-7-8-9-10-11-14-17-45-32-26(39)25(38)27(28(47-32)31(43)44)46-21-18-19(22(35)24(37)23(21)36)29(40)34-16-13-12-15-20(33-2)30(41)42/h19-28,32-33,35-39H,3-18H2,1-2H3,(H,34,40)(H,41,42)(H,43,44)/t19-,20-,21+,22+,23-,24-,25+,26+,27-,28-,32+/m0/s1. The maximum Gasteiger partial charge on any atom is 0.335 e. The van der Waals surface area contributed by atoms with Crippen molar-refractivity contribution in [1.82, 2.24) is 10.6 Å². The highest BCUT2D eigenvalue weighted by atomic mass is 16.7. The number of aliphatic hydroxyl groups excluding tert-OH is 5. The summed E-state index contributed by atoms with van der Waals surface area (Å²) in [5.41, 5.74) is 0. The summed E-state index contributed by atoms with van der Waals surface area (Å²) in [6.07, 6.45) is -3.06. The van der Waals surface area contributed by atoms with Crippen molar-refractivity contribution in [2.45, 2.75) is 158 Å². The maximum atomic E-state index is 12.9. The molecular weight excluding hydrogens is 620 g/mol. The minimum Gasteiger partial charge on any atom is -0.480 e. The van der Waals surface area contributed by atoms with E-state index in [9.17, 15) is 45.0 Å². The zero-order valence-corrected chi connectivity index (χ0v) is 27.7. The number of aliphatic hydroxyl groups is 5. The number of likely N-dealkylation sites (N-methyl/N-ethyl adjacent to an activating group) is 1. The Balaban J connectivity index is 1.88. The summed E-state index contributed by atoms with van der Waals surface area (Å²) in [5, 5.41) is 77.4. The molecule has 0 aromatic heterocycles. The second-order valence-corrected chi connectivity index (χ2v) is 12.7. The highest BCUT2D eigenvalue weighted by molar-refractivity contribution is 5.79. The largest absolute Gasteiger partial charge is 0.480 e. The molecule has 9 N–H and O–H groups in total. The Morgan fingerprint density at radius 1 is 0.787 bits per heavy atom. The maximum absolute atomic E-state index is 12.9. The topological polar surface area (TPSA) is 245 Å². The molecular formula is C32H58N2O13. The van der Waals surface area contributed by atoms with Crippen LogP contribution in [0.2, 0.25) is 0 Å². The second-order valence-electron chi connectivity index (χ2n) is 12.7. The summed E-state index contributed by atoms with van der Waals surface area (Å²) in [6, 6.07) is -0.723. The summed E-state index contributed by atoms with van der Waals surface area (Å²) in [4.78, 5) is 36.1. The first kappa shape index (κ1) is 41.2. The number of nitrogens with one attached hydrogen (secondary N) is 2. The predicted molar refractivity (Wildman–Crippen MR) is 168 cm³/mol. The molecule has 1 amide bonds. The molecule has 0 bridgehead atoms. The molecule has 0 aromatic rings. The molecule has 0 unspecified atom stereocenters. The Morgan fingerprint density at radius 2 is 1.40 bits per heavy atom. The zero-order valence-electron chi connectivity index (χ0n) is 27.7. The van der Waals surface area contributed by atoms with Crippen LogP contribution in [0, 0.1) is 5.92 Å². The first-order valence-corrected chi connectivity index (χ1v) is 17.2. The van der Waals surface area contributed by atoms with E-state index in [-0.39, 0.29) is 19.6 Å². The number of carboxylic acids is 2. The highest BCUT2D eigenvalue weighted by Gasteiger charge is 2.53. The fraction of sp³-hybridized carbons (Fsp3) is 0.906.